The molecule has 0 aromatic heterocycles. The molecule has 1 heterocycles. The summed E-state index contributed by atoms with van der Waals surface area (Å²) in [4.78, 5) is 13.8. The minimum absolute atomic E-state index is 0.116. The molecule has 2 aromatic rings. The Kier molecular flexibility index (Phi) is 6.97. The fourth-order valence-corrected chi connectivity index (χ4v) is 8.21. The van der Waals surface area contributed by atoms with Crippen molar-refractivity contribution < 1.29 is 39.2 Å². The van der Waals surface area contributed by atoms with Gasteiger partial charge in [-0.05, 0) is 73.9 Å². The van der Waals surface area contributed by atoms with Crippen molar-refractivity contribution in [3.63, 3.8) is 0 Å². The first-order valence-corrected chi connectivity index (χ1v) is 14.8. The van der Waals surface area contributed by atoms with Gasteiger partial charge in [-0.1, -0.05) is 6.07 Å². The molecule has 1 saturated heterocycles. The van der Waals surface area contributed by atoms with Crippen molar-refractivity contribution in [1.82, 2.24) is 4.90 Å². The molecule has 1 atom stereocenters. The van der Waals surface area contributed by atoms with Gasteiger partial charge in [-0.15, -0.1) is 0 Å². The number of likely N-dealkylation sites (tertiary alicyclic amines) is 1. The van der Waals surface area contributed by atoms with Gasteiger partial charge in [-0.25, -0.2) is 21.2 Å². The summed E-state index contributed by atoms with van der Waals surface area (Å²) in [5, 5.41) is -0.876. The number of halogens is 4. The van der Waals surface area contributed by atoms with E-state index in [1.807, 2.05) is 0 Å². The number of hydrogen-bond acceptors (Lipinski definition) is 5. The monoisotopic (exact) mass is 547 g/mol. The highest BCUT2D eigenvalue weighted by Gasteiger charge is 2.47. The van der Waals surface area contributed by atoms with E-state index in [1.165, 1.54) is 11.0 Å². The zero-order valence-electron chi connectivity index (χ0n) is 19.3. The fraction of sp³-hybridized carbons (Fsp3) is 0.458. The van der Waals surface area contributed by atoms with Gasteiger partial charge < -0.3 is 4.90 Å². The van der Waals surface area contributed by atoms with Crippen LogP contribution in [0.25, 0.3) is 0 Å². The molecule has 2 aromatic carbocycles. The Morgan fingerprint density at radius 1 is 0.944 bits per heavy atom. The second kappa shape index (κ2) is 9.44. The van der Waals surface area contributed by atoms with Crippen LogP contribution >= 0.6 is 0 Å². The Hall–Kier alpha value is -2.47. The summed E-state index contributed by atoms with van der Waals surface area (Å²) in [5.74, 6) is -1.99. The van der Waals surface area contributed by atoms with Crippen LogP contribution in [0.1, 0.15) is 41.6 Å². The maximum atomic E-state index is 13.8. The quantitative estimate of drug-likeness (QED) is 0.396. The van der Waals surface area contributed by atoms with Crippen LogP contribution in [-0.4, -0.2) is 52.2 Å². The fourth-order valence-electron chi connectivity index (χ4n) is 4.92. The Labute approximate surface area is 207 Å². The van der Waals surface area contributed by atoms with Gasteiger partial charge in [0.05, 0.1) is 26.2 Å². The maximum absolute atomic E-state index is 13.8. The molecule has 4 rings (SSSR count). The normalized spacial score (nSPS) is 18.8. The highest BCUT2D eigenvalue weighted by atomic mass is 32.2. The third-order valence-corrected chi connectivity index (χ3v) is 10.4. The van der Waals surface area contributed by atoms with E-state index in [1.54, 1.807) is 0 Å². The summed E-state index contributed by atoms with van der Waals surface area (Å²) in [5.41, 5.74) is -1.32. The zero-order valence-corrected chi connectivity index (χ0v) is 21.0. The largest absolute Gasteiger partial charge is 0.416 e. The van der Waals surface area contributed by atoms with Crippen LogP contribution < -0.4 is 0 Å². The van der Waals surface area contributed by atoms with Crippen LogP contribution in [0.15, 0.2) is 52.3 Å². The molecule has 0 radical (unpaired) electrons. The Morgan fingerprint density at radius 2 is 1.56 bits per heavy atom. The standard InChI is InChI=1S/C24H25F4NO5S2/c1-35(31,32)21-8-7-18(25)14-20(21)23(30)29-11-9-16(10-12-29)22(15-5-6-15)36(33,34)19-4-2-3-17(13-19)24(26,27)28/h2-4,7-8,13-16,22H,5-6,9-12H2,1H3. The van der Waals surface area contributed by atoms with E-state index in [4.69, 9.17) is 0 Å². The molecule has 1 unspecified atom stereocenters. The molecular formula is C24H25F4NO5S2. The van der Waals surface area contributed by atoms with Gasteiger partial charge in [0.2, 0.25) is 0 Å². The minimum atomic E-state index is -4.67. The van der Waals surface area contributed by atoms with Gasteiger partial charge in [0.15, 0.2) is 19.7 Å². The van der Waals surface area contributed by atoms with E-state index in [0.29, 0.717) is 18.9 Å². The number of piperidine rings is 1. The van der Waals surface area contributed by atoms with E-state index in [0.717, 1.165) is 36.6 Å². The number of carbonyl (C=O) groups excluding carboxylic acids is 1. The lowest BCUT2D eigenvalue weighted by atomic mass is 9.90. The van der Waals surface area contributed by atoms with E-state index >= 15 is 0 Å². The lowest BCUT2D eigenvalue weighted by Crippen LogP contribution is -2.44. The number of amides is 1. The van der Waals surface area contributed by atoms with Crippen molar-refractivity contribution in [1.29, 1.82) is 0 Å². The smallest absolute Gasteiger partial charge is 0.339 e. The van der Waals surface area contributed by atoms with Crippen molar-refractivity contribution in [2.45, 2.75) is 46.9 Å². The maximum Gasteiger partial charge on any atom is 0.416 e. The van der Waals surface area contributed by atoms with E-state index in [2.05, 4.69) is 0 Å². The van der Waals surface area contributed by atoms with E-state index in [-0.39, 0.29) is 53.1 Å². The van der Waals surface area contributed by atoms with Gasteiger partial charge in [-0.2, -0.15) is 13.2 Å². The Bertz CT molecular complexity index is 1380. The molecule has 0 spiro atoms. The Balaban J connectivity index is 1.55. The molecule has 1 amide bonds. The van der Waals surface area contributed by atoms with Gasteiger partial charge in [0.1, 0.15) is 5.82 Å². The predicted octanol–water partition coefficient (Wildman–Crippen LogP) is 4.35. The molecule has 1 aliphatic heterocycles. The minimum Gasteiger partial charge on any atom is -0.339 e. The Morgan fingerprint density at radius 3 is 2.11 bits per heavy atom. The average molecular weight is 548 g/mol. The van der Waals surface area contributed by atoms with Crippen LogP contribution in [0.4, 0.5) is 17.6 Å². The molecule has 1 aliphatic carbocycles. The van der Waals surface area contributed by atoms with Crippen molar-refractivity contribution in [3.05, 3.63) is 59.4 Å². The summed E-state index contributed by atoms with van der Waals surface area (Å²) in [6.07, 6.45) is -1.90. The van der Waals surface area contributed by atoms with Crippen LogP contribution in [0.5, 0.6) is 0 Å². The number of hydrogen-bond donors (Lipinski definition) is 0. The molecule has 36 heavy (non-hydrogen) atoms. The van der Waals surface area contributed by atoms with Gasteiger partial charge in [-0.3, -0.25) is 4.79 Å². The summed E-state index contributed by atoms with van der Waals surface area (Å²) in [6.45, 7) is 0.231. The second-order valence-electron chi connectivity index (χ2n) is 9.41. The molecule has 2 aliphatic rings. The number of nitrogens with zero attached hydrogens (tertiary/aromatic N) is 1. The SMILES string of the molecule is CS(=O)(=O)c1ccc(F)cc1C(=O)N1CCC(C(C2CC2)S(=O)(=O)c2cccc(C(F)(F)F)c2)CC1. The average Bonchev–Trinajstić information content (AvgIpc) is 3.62. The van der Waals surface area contributed by atoms with Crippen LogP contribution in [-0.2, 0) is 25.9 Å². The second-order valence-corrected chi connectivity index (χ2v) is 13.5. The molecule has 0 N–H and O–H groups in total. The molecule has 196 valence electrons. The number of rotatable bonds is 6. The number of alkyl halides is 3. The van der Waals surface area contributed by atoms with E-state index in [9.17, 15) is 39.2 Å². The third-order valence-electron chi connectivity index (χ3n) is 6.80. The first kappa shape index (κ1) is 26.6. The van der Waals surface area contributed by atoms with Crippen LogP contribution in [0.2, 0.25) is 0 Å². The highest BCUT2D eigenvalue weighted by Crippen LogP contribution is 2.45. The molecule has 6 nitrogen and oxygen atoms in total. The summed E-state index contributed by atoms with van der Waals surface area (Å²) < 4.78 is 104. The number of carbonyl (C=O) groups is 1. The molecule has 1 saturated carbocycles. The molecule has 12 heteroatoms. The molecule has 2 fully saturated rings. The lowest BCUT2D eigenvalue weighted by Gasteiger charge is -2.36. The van der Waals surface area contributed by atoms with Crippen molar-refractivity contribution in [2.75, 3.05) is 19.3 Å². The van der Waals surface area contributed by atoms with Crippen LogP contribution in [0, 0.1) is 17.7 Å². The molecular weight excluding hydrogens is 522 g/mol. The summed E-state index contributed by atoms with van der Waals surface area (Å²) >= 11 is 0. The van der Waals surface area contributed by atoms with Crippen LogP contribution in [0.3, 0.4) is 0 Å². The molecule has 0 bridgehead atoms. The third kappa shape index (κ3) is 5.44. The van der Waals surface area contributed by atoms with Gasteiger partial charge >= 0.3 is 6.18 Å². The summed E-state index contributed by atoms with van der Waals surface area (Å²) in [6, 6.07) is 6.62. The lowest BCUT2D eigenvalue weighted by molar-refractivity contribution is -0.137. The zero-order chi connectivity index (χ0) is 26.5. The highest BCUT2D eigenvalue weighted by molar-refractivity contribution is 7.92. The van der Waals surface area contributed by atoms with Gasteiger partial charge in [0, 0.05) is 19.3 Å². The van der Waals surface area contributed by atoms with Gasteiger partial charge in [0.25, 0.3) is 5.91 Å². The topological polar surface area (TPSA) is 88.6 Å². The number of sulfone groups is 2. The predicted molar refractivity (Wildman–Crippen MR) is 123 cm³/mol. The van der Waals surface area contributed by atoms with E-state index < -0.39 is 48.4 Å². The first-order valence-electron chi connectivity index (χ1n) is 11.4. The summed E-state index contributed by atoms with van der Waals surface area (Å²) in [7, 11) is -7.87. The van der Waals surface area contributed by atoms with Crippen molar-refractivity contribution in [2.24, 2.45) is 11.8 Å². The van der Waals surface area contributed by atoms with Crippen molar-refractivity contribution >= 4 is 25.6 Å². The number of benzene rings is 2. The van der Waals surface area contributed by atoms with Crippen molar-refractivity contribution in [3.8, 4) is 0 Å². The first-order chi connectivity index (χ1) is 16.7.